The number of hydrogen-bond acceptors (Lipinski definition) is 3. The summed E-state index contributed by atoms with van der Waals surface area (Å²) in [7, 11) is 0. The van der Waals surface area contributed by atoms with Crippen molar-refractivity contribution in [2.45, 2.75) is 38.8 Å². The van der Waals surface area contributed by atoms with Crippen molar-refractivity contribution in [1.29, 1.82) is 0 Å². The summed E-state index contributed by atoms with van der Waals surface area (Å²) in [6.07, 6.45) is 0.703. The molecule has 2 amide bonds. The van der Waals surface area contributed by atoms with Crippen LogP contribution in [-0.2, 0) is 0 Å². The van der Waals surface area contributed by atoms with Crippen LogP contribution >= 0.6 is 0 Å². The molecule has 0 saturated carbocycles. The van der Waals surface area contributed by atoms with E-state index in [-0.39, 0.29) is 6.04 Å². The maximum absolute atomic E-state index is 10.7. The van der Waals surface area contributed by atoms with Crippen LogP contribution in [0, 0.1) is 0 Å². The van der Waals surface area contributed by atoms with Gasteiger partial charge in [0.1, 0.15) is 0 Å². The Bertz CT molecular complexity index is 415. The second kappa shape index (κ2) is 6.54. The third-order valence-electron chi connectivity index (χ3n) is 3.23. The number of carbonyl (C=O) groups excluding carboxylic acids is 1. The summed E-state index contributed by atoms with van der Waals surface area (Å²) in [6.45, 7) is 6.33. The molecule has 0 aromatic heterocycles. The predicted octanol–water partition coefficient (Wildman–Crippen LogP) is 1.99. The molecule has 0 aliphatic heterocycles. The van der Waals surface area contributed by atoms with Gasteiger partial charge < -0.3 is 21.5 Å². The van der Waals surface area contributed by atoms with E-state index in [1.54, 1.807) is 12.1 Å². The summed E-state index contributed by atoms with van der Waals surface area (Å²) in [5.41, 5.74) is 6.11. The molecule has 5 N–H and O–H groups in total. The molecule has 0 saturated heterocycles. The molecule has 2 atom stereocenters. The van der Waals surface area contributed by atoms with Gasteiger partial charge in [0.2, 0.25) is 0 Å². The maximum atomic E-state index is 10.7. The standard InChI is InChI=1S/C14H23N3O2/c1-4-14(3,19)9-16-10(2)11-5-7-12(8-6-11)17-13(15)18/h5-8,10,16,19H,4,9H2,1-3H3,(H3,15,17,18). The van der Waals surface area contributed by atoms with Gasteiger partial charge in [-0.2, -0.15) is 0 Å². The summed E-state index contributed by atoms with van der Waals surface area (Å²) in [5.74, 6) is 0. The smallest absolute Gasteiger partial charge is 0.316 e. The fourth-order valence-corrected chi connectivity index (χ4v) is 1.61. The summed E-state index contributed by atoms with van der Waals surface area (Å²) in [5, 5.41) is 15.7. The first-order valence-electron chi connectivity index (χ1n) is 6.46. The quantitative estimate of drug-likeness (QED) is 0.634. The lowest BCUT2D eigenvalue weighted by Crippen LogP contribution is -2.38. The highest BCUT2D eigenvalue weighted by molar-refractivity contribution is 5.87. The zero-order valence-corrected chi connectivity index (χ0v) is 11.7. The van der Waals surface area contributed by atoms with Crippen molar-refractivity contribution in [1.82, 2.24) is 5.32 Å². The summed E-state index contributed by atoms with van der Waals surface area (Å²) in [4.78, 5) is 10.7. The molecule has 0 aliphatic rings. The highest BCUT2D eigenvalue weighted by Crippen LogP contribution is 2.17. The molecule has 1 aromatic rings. The van der Waals surface area contributed by atoms with Crippen LogP contribution in [-0.4, -0.2) is 23.3 Å². The van der Waals surface area contributed by atoms with Gasteiger partial charge in [0.05, 0.1) is 5.60 Å². The molecule has 5 heteroatoms. The number of anilines is 1. The van der Waals surface area contributed by atoms with Gasteiger partial charge >= 0.3 is 6.03 Å². The van der Waals surface area contributed by atoms with Crippen LogP contribution in [0.15, 0.2) is 24.3 Å². The van der Waals surface area contributed by atoms with Gasteiger partial charge in [0.25, 0.3) is 0 Å². The van der Waals surface area contributed by atoms with E-state index in [9.17, 15) is 9.90 Å². The van der Waals surface area contributed by atoms with Crippen molar-refractivity contribution in [3.8, 4) is 0 Å². The summed E-state index contributed by atoms with van der Waals surface area (Å²) in [6, 6.07) is 7.00. The van der Waals surface area contributed by atoms with Gasteiger partial charge in [-0.15, -0.1) is 0 Å². The molecule has 1 aromatic carbocycles. The number of nitrogens with one attached hydrogen (secondary N) is 2. The minimum absolute atomic E-state index is 0.126. The number of hydrogen-bond donors (Lipinski definition) is 4. The number of nitrogens with two attached hydrogens (primary N) is 1. The van der Waals surface area contributed by atoms with E-state index in [0.717, 1.165) is 5.56 Å². The van der Waals surface area contributed by atoms with Crippen molar-refractivity contribution in [3.63, 3.8) is 0 Å². The average molecular weight is 265 g/mol. The molecule has 0 radical (unpaired) electrons. The zero-order valence-electron chi connectivity index (χ0n) is 11.7. The molecule has 0 bridgehead atoms. The molecule has 106 valence electrons. The largest absolute Gasteiger partial charge is 0.389 e. The fourth-order valence-electron chi connectivity index (χ4n) is 1.61. The van der Waals surface area contributed by atoms with Crippen molar-refractivity contribution in [2.24, 2.45) is 5.73 Å². The van der Waals surface area contributed by atoms with Crippen molar-refractivity contribution < 1.29 is 9.90 Å². The third kappa shape index (κ3) is 5.28. The number of carbonyl (C=O) groups is 1. The van der Waals surface area contributed by atoms with E-state index in [4.69, 9.17) is 5.73 Å². The SMILES string of the molecule is CCC(C)(O)CNC(C)c1ccc(NC(N)=O)cc1. The van der Waals surface area contributed by atoms with Crippen molar-refractivity contribution in [2.75, 3.05) is 11.9 Å². The first-order valence-corrected chi connectivity index (χ1v) is 6.46. The Balaban J connectivity index is 2.58. The number of urea groups is 1. The van der Waals surface area contributed by atoms with Crippen LogP contribution in [0.1, 0.15) is 38.8 Å². The highest BCUT2D eigenvalue weighted by Gasteiger charge is 2.18. The van der Waals surface area contributed by atoms with Gasteiger partial charge in [-0.25, -0.2) is 4.79 Å². The van der Waals surface area contributed by atoms with Gasteiger partial charge in [-0.1, -0.05) is 19.1 Å². The predicted molar refractivity (Wildman–Crippen MR) is 77.0 cm³/mol. The molecule has 2 unspecified atom stereocenters. The number of rotatable bonds is 6. The highest BCUT2D eigenvalue weighted by atomic mass is 16.3. The van der Waals surface area contributed by atoms with Crippen LogP contribution in [0.25, 0.3) is 0 Å². The van der Waals surface area contributed by atoms with Crippen molar-refractivity contribution >= 4 is 11.7 Å². The molecular formula is C14H23N3O2. The summed E-state index contributed by atoms with van der Waals surface area (Å²) < 4.78 is 0. The van der Waals surface area contributed by atoms with Crippen molar-refractivity contribution in [3.05, 3.63) is 29.8 Å². The van der Waals surface area contributed by atoms with E-state index in [2.05, 4.69) is 10.6 Å². The number of primary amides is 1. The zero-order chi connectivity index (χ0) is 14.5. The Hall–Kier alpha value is -1.59. The minimum atomic E-state index is -0.693. The van der Waals surface area contributed by atoms with E-state index in [1.807, 2.05) is 32.9 Å². The molecule has 0 aliphatic carbocycles. The molecule has 1 rings (SSSR count). The van der Waals surface area contributed by atoms with Crippen LogP contribution in [0.3, 0.4) is 0 Å². The topological polar surface area (TPSA) is 87.4 Å². The van der Waals surface area contributed by atoms with E-state index in [1.165, 1.54) is 0 Å². The minimum Gasteiger partial charge on any atom is -0.389 e. The van der Waals surface area contributed by atoms with Gasteiger partial charge in [0.15, 0.2) is 0 Å². The Morgan fingerprint density at radius 2 is 2.00 bits per heavy atom. The fraction of sp³-hybridized carbons (Fsp3) is 0.500. The Kier molecular flexibility index (Phi) is 5.32. The normalized spacial score (nSPS) is 15.6. The molecule has 0 heterocycles. The van der Waals surface area contributed by atoms with E-state index >= 15 is 0 Å². The third-order valence-corrected chi connectivity index (χ3v) is 3.23. The van der Waals surface area contributed by atoms with Crippen LogP contribution < -0.4 is 16.4 Å². The molecule has 0 fully saturated rings. The van der Waals surface area contributed by atoms with Gasteiger partial charge in [-0.05, 0) is 38.0 Å². The second-order valence-electron chi connectivity index (χ2n) is 5.06. The maximum Gasteiger partial charge on any atom is 0.316 e. The molecular weight excluding hydrogens is 242 g/mol. The first-order chi connectivity index (χ1) is 8.84. The molecule has 0 spiro atoms. The monoisotopic (exact) mass is 265 g/mol. The lowest BCUT2D eigenvalue weighted by molar-refractivity contribution is 0.0533. The number of aliphatic hydroxyl groups is 1. The van der Waals surface area contributed by atoms with Crippen LogP contribution in [0.5, 0.6) is 0 Å². The summed E-state index contributed by atoms with van der Waals surface area (Å²) >= 11 is 0. The first kappa shape index (κ1) is 15.5. The van der Waals surface area contributed by atoms with Crippen LogP contribution in [0.4, 0.5) is 10.5 Å². The van der Waals surface area contributed by atoms with E-state index < -0.39 is 11.6 Å². The number of benzene rings is 1. The van der Waals surface area contributed by atoms with Crippen LogP contribution in [0.2, 0.25) is 0 Å². The average Bonchev–Trinajstić information content (AvgIpc) is 2.36. The van der Waals surface area contributed by atoms with E-state index in [0.29, 0.717) is 18.7 Å². The second-order valence-corrected chi connectivity index (χ2v) is 5.06. The number of amides is 2. The lowest BCUT2D eigenvalue weighted by atomic mass is 10.0. The Morgan fingerprint density at radius 1 is 1.42 bits per heavy atom. The Morgan fingerprint density at radius 3 is 2.47 bits per heavy atom. The van der Waals surface area contributed by atoms with Gasteiger partial charge in [0, 0.05) is 18.3 Å². The Labute approximate surface area is 114 Å². The lowest BCUT2D eigenvalue weighted by Gasteiger charge is -2.24. The molecule has 5 nitrogen and oxygen atoms in total. The van der Waals surface area contributed by atoms with Gasteiger partial charge in [-0.3, -0.25) is 0 Å². The molecule has 19 heavy (non-hydrogen) atoms.